The van der Waals surface area contributed by atoms with Crippen molar-refractivity contribution in [2.45, 2.75) is 45.2 Å². The Morgan fingerprint density at radius 2 is 0.917 bits per heavy atom. The lowest BCUT2D eigenvalue weighted by Gasteiger charge is -2.35. The summed E-state index contributed by atoms with van der Waals surface area (Å²) >= 11 is 0. The molecular weight excluding hydrogens is 727 g/mol. The number of hydrogen-bond donors (Lipinski definition) is 1. The molecule has 0 radical (unpaired) electrons. The summed E-state index contributed by atoms with van der Waals surface area (Å²) in [6.07, 6.45) is 1.10. The summed E-state index contributed by atoms with van der Waals surface area (Å²) in [5.74, 6) is 1.75. The molecule has 0 spiro atoms. The van der Waals surface area contributed by atoms with Crippen LogP contribution in [0.3, 0.4) is 0 Å². The third-order valence-electron chi connectivity index (χ3n) is 14.1. The van der Waals surface area contributed by atoms with E-state index in [0.29, 0.717) is 23.7 Å². The molecule has 1 aromatic heterocycles. The lowest BCUT2D eigenvalue weighted by Crippen LogP contribution is -2.32. The maximum absolute atomic E-state index is 7.13. The monoisotopic (exact) mass is 775 g/mol. The normalized spacial score (nSPS) is 20.9. The molecule has 1 aliphatic rings. The van der Waals surface area contributed by atoms with E-state index in [1.165, 1.54) is 60.1 Å². The maximum Gasteiger partial charge on any atom is 0.143 e. The standard InChI is InChI=1S/C58H49NO/c1-4-45-52(39-20-10-6-11-21-39)36(2)37(3)55(59-56(45)40-22-12-7-13-23-40)44-27-17-25-42(35-44)41-24-16-26-43(34-41)47-31-33-51-49-29-15-14-28-48(49)50-32-30-46(38-18-8-5-9-19-38)57-53(50)54(51)58(47)60-57/h5-37,45,52,55-56,59H,4H2,1-3H3. The van der Waals surface area contributed by atoms with Crippen LogP contribution in [0.15, 0.2) is 192 Å². The summed E-state index contributed by atoms with van der Waals surface area (Å²) in [5.41, 5.74) is 13.0. The minimum Gasteiger partial charge on any atom is -0.455 e. The van der Waals surface area contributed by atoms with Gasteiger partial charge < -0.3 is 9.73 Å². The van der Waals surface area contributed by atoms with Crippen LogP contribution in [0.2, 0.25) is 0 Å². The van der Waals surface area contributed by atoms with Gasteiger partial charge in [-0.3, -0.25) is 0 Å². The Hall–Kier alpha value is -6.48. The molecule has 6 atom stereocenters. The van der Waals surface area contributed by atoms with E-state index in [-0.39, 0.29) is 12.1 Å². The van der Waals surface area contributed by atoms with Crippen LogP contribution in [-0.4, -0.2) is 0 Å². The third kappa shape index (κ3) is 5.96. The van der Waals surface area contributed by atoms with Crippen molar-refractivity contribution >= 4 is 43.5 Å². The van der Waals surface area contributed by atoms with Gasteiger partial charge in [0.2, 0.25) is 0 Å². The number of furan rings is 1. The van der Waals surface area contributed by atoms with Crippen LogP contribution in [0.25, 0.3) is 76.9 Å². The quantitative estimate of drug-likeness (QED) is 0.163. The summed E-state index contributed by atoms with van der Waals surface area (Å²) in [4.78, 5) is 0. The molecule has 1 N–H and O–H groups in total. The van der Waals surface area contributed by atoms with Crippen molar-refractivity contribution in [3.05, 3.63) is 205 Å². The van der Waals surface area contributed by atoms with Crippen molar-refractivity contribution < 1.29 is 4.42 Å². The van der Waals surface area contributed by atoms with E-state index in [1.54, 1.807) is 0 Å². The predicted molar refractivity (Wildman–Crippen MR) is 253 cm³/mol. The number of hydrogen-bond acceptors (Lipinski definition) is 2. The molecule has 2 heterocycles. The van der Waals surface area contributed by atoms with Gasteiger partial charge in [-0.05, 0) is 108 Å². The lowest BCUT2D eigenvalue weighted by atomic mass is 9.69. The maximum atomic E-state index is 7.13. The first-order chi connectivity index (χ1) is 29.6. The van der Waals surface area contributed by atoms with Crippen LogP contribution in [0.4, 0.5) is 0 Å². The van der Waals surface area contributed by atoms with Gasteiger partial charge in [-0.15, -0.1) is 0 Å². The Kier molecular flexibility index (Phi) is 9.13. The number of fused-ring (bicyclic) bond motifs is 3. The lowest BCUT2D eigenvalue weighted by molar-refractivity contribution is 0.252. The fourth-order valence-electron chi connectivity index (χ4n) is 11.0. The molecule has 10 aromatic rings. The van der Waals surface area contributed by atoms with Gasteiger partial charge in [0.1, 0.15) is 11.2 Å². The van der Waals surface area contributed by atoms with E-state index in [0.717, 1.165) is 39.8 Å². The summed E-state index contributed by atoms with van der Waals surface area (Å²) in [6, 6.07) is 69.8. The smallest absolute Gasteiger partial charge is 0.143 e. The largest absolute Gasteiger partial charge is 0.455 e. The van der Waals surface area contributed by atoms with Crippen LogP contribution in [0, 0.1) is 17.8 Å². The van der Waals surface area contributed by atoms with E-state index in [4.69, 9.17) is 4.42 Å². The third-order valence-corrected chi connectivity index (χ3v) is 14.1. The predicted octanol–water partition coefficient (Wildman–Crippen LogP) is 15.8. The number of rotatable bonds is 7. The topological polar surface area (TPSA) is 25.2 Å². The number of nitrogens with one attached hydrogen (secondary N) is 1. The molecule has 0 saturated carbocycles. The zero-order chi connectivity index (χ0) is 40.3. The van der Waals surface area contributed by atoms with Crippen LogP contribution in [0.1, 0.15) is 61.9 Å². The molecule has 1 fully saturated rings. The first kappa shape index (κ1) is 36.6. The van der Waals surface area contributed by atoms with Crippen molar-refractivity contribution in [2.24, 2.45) is 17.8 Å². The zero-order valence-electron chi connectivity index (χ0n) is 34.5. The van der Waals surface area contributed by atoms with Crippen molar-refractivity contribution in [2.75, 3.05) is 0 Å². The highest BCUT2D eigenvalue weighted by Gasteiger charge is 2.43. The van der Waals surface area contributed by atoms with Crippen molar-refractivity contribution in [1.29, 1.82) is 0 Å². The zero-order valence-corrected chi connectivity index (χ0v) is 34.5. The van der Waals surface area contributed by atoms with Crippen LogP contribution in [-0.2, 0) is 0 Å². The highest BCUT2D eigenvalue weighted by Crippen LogP contribution is 2.51. The van der Waals surface area contributed by atoms with Gasteiger partial charge in [-0.25, -0.2) is 0 Å². The highest BCUT2D eigenvalue weighted by molar-refractivity contribution is 6.35. The van der Waals surface area contributed by atoms with Gasteiger partial charge in [0.15, 0.2) is 0 Å². The molecule has 2 heteroatoms. The van der Waals surface area contributed by atoms with Crippen LogP contribution < -0.4 is 5.32 Å². The van der Waals surface area contributed by atoms with E-state index in [9.17, 15) is 0 Å². The fourth-order valence-corrected chi connectivity index (χ4v) is 11.0. The van der Waals surface area contributed by atoms with Crippen LogP contribution >= 0.6 is 0 Å². The molecule has 11 rings (SSSR count). The van der Waals surface area contributed by atoms with Gasteiger partial charge in [-0.2, -0.15) is 0 Å². The second-order valence-corrected chi connectivity index (χ2v) is 17.2. The Morgan fingerprint density at radius 1 is 0.417 bits per heavy atom. The van der Waals surface area contributed by atoms with E-state index >= 15 is 0 Å². The molecular formula is C58H49NO. The Labute approximate surface area is 352 Å². The van der Waals surface area contributed by atoms with Gasteiger partial charge in [0.05, 0.1) is 0 Å². The molecule has 6 unspecified atom stereocenters. The SMILES string of the molecule is CCC1C(c2ccccc2)NC(c2cccc(-c3cccc(-c4ccc5c6ccccc6c6ccc(-c7ccccc7)c7oc4c5c76)c3)c2)C(C)C(C)C1c1ccccc1. The molecule has 0 bridgehead atoms. The van der Waals surface area contributed by atoms with Crippen molar-refractivity contribution in [3.63, 3.8) is 0 Å². The summed E-state index contributed by atoms with van der Waals surface area (Å²) in [7, 11) is 0. The minimum atomic E-state index is 0.181. The second-order valence-electron chi connectivity index (χ2n) is 17.2. The van der Waals surface area contributed by atoms with E-state index in [2.05, 4.69) is 214 Å². The highest BCUT2D eigenvalue weighted by atomic mass is 16.3. The van der Waals surface area contributed by atoms with Crippen LogP contribution in [0.5, 0.6) is 0 Å². The Morgan fingerprint density at radius 3 is 1.55 bits per heavy atom. The molecule has 9 aromatic carbocycles. The molecule has 1 aliphatic heterocycles. The van der Waals surface area contributed by atoms with E-state index < -0.39 is 0 Å². The van der Waals surface area contributed by atoms with Crippen molar-refractivity contribution in [3.8, 4) is 33.4 Å². The van der Waals surface area contributed by atoms with Gasteiger partial charge in [-0.1, -0.05) is 191 Å². The average Bonchev–Trinajstić information content (AvgIpc) is 3.68. The minimum absolute atomic E-state index is 0.181. The summed E-state index contributed by atoms with van der Waals surface area (Å²) < 4.78 is 7.13. The molecule has 292 valence electrons. The van der Waals surface area contributed by atoms with Gasteiger partial charge in [0.25, 0.3) is 0 Å². The Bertz CT molecular complexity index is 3110. The number of benzene rings is 9. The first-order valence-electron chi connectivity index (χ1n) is 21.8. The molecule has 1 saturated heterocycles. The average molecular weight is 776 g/mol. The molecule has 0 aliphatic carbocycles. The van der Waals surface area contributed by atoms with Gasteiger partial charge >= 0.3 is 0 Å². The Balaban J connectivity index is 1.02. The second kappa shape index (κ2) is 15.0. The fraction of sp³-hybridized carbons (Fsp3) is 0.172. The van der Waals surface area contributed by atoms with E-state index in [1.807, 2.05) is 0 Å². The van der Waals surface area contributed by atoms with Gasteiger partial charge in [0, 0.05) is 34.0 Å². The molecule has 60 heavy (non-hydrogen) atoms. The molecule has 2 nitrogen and oxygen atoms in total. The molecule has 0 amide bonds. The summed E-state index contributed by atoms with van der Waals surface area (Å²) in [6.45, 7) is 7.34. The van der Waals surface area contributed by atoms with Crippen molar-refractivity contribution in [1.82, 2.24) is 5.32 Å². The summed E-state index contributed by atoms with van der Waals surface area (Å²) in [5, 5.41) is 11.7. The first-order valence-corrected chi connectivity index (χ1v) is 21.8.